The van der Waals surface area contributed by atoms with Gasteiger partial charge in [0.2, 0.25) is 5.91 Å². The summed E-state index contributed by atoms with van der Waals surface area (Å²) in [5, 5.41) is 3.10. The van der Waals surface area contributed by atoms with E-state index in [2.05, 4.69) is 34.0 Å². The number of benzene rings is 1. The average Bonchev–Trinajstić information content (AvgIpc) is 3.02. The van der Waals surface area contributed by atoms with Crippen LogP contribution in [0, 0.1) is 0 Å². The Balaban J connectivity index is 1.46. The third-order valence-corrected chi connectivity index (χ3v) is 4.96. The Morgan fingerprint density at radius 1 is 1.25 bits per heavy atom. The highest BCUT2D eigenvalue weighted by atomic mass is 16.1. The Labute approximate surface area is 143 Å². The molecular formula is C19H28N4O. The minimum Gasteiger partial charge on any atom is -0.354 e. The maximum Gasteiger partial charge on any atom is 0.220 e. The average molecular weight is 328 g/mol. The van der Waals surface area contributed by atoms with E-state index in [1.165, 1.54) is 19.3 Å². The molecule has 24 heavy (non-hydrogen) atoms. The molecule has 0 radical (unpaired) electrons. The number of aryl methyl sites for hydroxylation is 1. The predicted octanol–water partition coefficient (Wildman–Crippen LogP) is 2.88. The zero-order valence-electron chi connectivity index (χ0n) is 14.8. The number of imidazole rings is 1. The number of hydrogen-bond donors (Lipinski definition) is 2. The van der Waals surface area contributed by atoms with Gasteiger partial charge in [-0.15, -0.1) is 0 Å². The Kier molecular flexibility index (Phi) is 5.19. The van der Waals surface area contributed by atoms with Crippen LogP contribution in [0.4, 0.5) is 0 Å². The van der Waals surface area contributed by atoms with Gasteiger partial charge in [0, 0.05) is 24.9 Å². The highest BCUT2D eigenvalue weighted by molar-refractivity contribution is 5.77. The number of amides is 1. The van der Waals surface area contributed by atoms with E-state index >= 15 is 0 Å². The number of H-pyrrole nitrogens is 1. The molecule has 1 aromatic heterocycles. The number of rotatable bonds is 6. The summed E-state index contributed by atoms with van der Waals surface area (Å²) in [5.74, 6) is 0.974. The summed E-state index contributed by atoms with van der Waals surface area (Å²) >= 11 is 0. The van der Waals surface area contributed by atoms with Crippen molar-refractivity contribution in [2.75, 3.05) is 19.6 Å². The van der Waals surface area contributed by atoms with Gasteiger partial charge in [-0.05, 0) is 51.9 Å². The number of aromatic nitrogens is 2. The fraction of sp³-hybridized carbons (Fsp3) is 0.579. The number of para-hydroxylation sites is 2. The van der Waals surface area contributed by atoms with Crippen LogP contribution in [0.3, 0.4) is 0 Å². The Morgan fingerprint density at radius 3 is 2.75 bits per heavy atom. The van der Waals surface area contributed by atoms with Crippen molar-refractivity contribution in [2.24, 2.45) is 0 Å². The van der Waals surface area contributed by atoms with Gasteiger partial charge in [0.25, 0.3) is 0 Å². The molecule has 0 bridgehead atoms. The minimum atomic E-state index is 0.0233. The Morgan fingerprint density at radius 2 is 2.00 bits per heavy atom. The molecule has 3 rings (SSSR count). The summed E-state index contributed by atoms with van der Waals surface area (Å²) in [4.78, 5) is 22.5. The van der Waals surface area contributed by atoms with E-state index in [-0.39, 0.29) is 11.4 Å². The lowest BCUT2D eigenvalue weighted by Crippen LogP contribution is -2.53. The van der Waals surface area contributed by atoms with Crippen molar-refractivity contribution in [3.63, 3.8) is 0 Å². The van der Waals surface area contributed by atoms with Crippen molar-refractivity contribution in [2.45, 2.75) is 51.5 Å². The van der Waals surface area contributed by atoms with E-state index in [1.807, 2.05) is 24.3 Å². The van der Waals surface area contributed by atoms with E-state index in [4.69, 9.17) is 0 Å². The van der Waals surface area contributed by atoms with Gasteiger partial charge in [0.1, 0.15) is 5.82 Å². The maximum atomic E-state index is 12.2. The van der Waals surface area contributed by atoms with Crippen LogP contribution in [0.1, 0.15) is 45.4 Å². The fourth-order valence-electron chi connectivity index (χ4n) is 3.37. The van der Waals surface area contributed by atoms with Crippen LogP contribution in [0.15, 0.2) is 24.3 Å². The van der Waals surface area contributed by atoms with Gasteiger partial charge < -0.3 is 10.3 Å². The van der Waals surface area contributed by atoms with Gasteiger partial charge in [-0.3, -0.25) is 9.69 Å². The molecule has 2 aromatic rings. The number of likely N-dealkylation sites (tertiary alicyclic amines) is 1. The number of carbonyl (C=O) groups excluding carboxylic acids is 1. The molecule has 0 aliphatic carbocycles. The molecule has 1 saturated heterocycles. The molecule has 5 nitrogen and oxygen atoms in total. The van der Waals surface area contributed by atoms with E-state index < -0.39 is 0 Å². The third kappa shape index (κ3) is 4.15. The highest BCUT2D eigenvalue weighted by Gasteiger charge is 2.28. The standard InChI is InChI=1S/C19H28N4O/c1-19(2,23-12-6-3-7-13-23)14-20-18(24)11-10-17-21-15-8-4-5-9-16(15)22-17/h4-5,8-9H,3,6-7,10-14H2,1-2H3,(H,20,24)(H,21,22). The lowest BCUT2D eigenvalue weighted by molar-refractivity contribution is -0.121. The van der Waals surface area contributed by atoms with E-state index in [1.54, 1.807) is 0 Å². The zero-order valence-corrected chi connectivity index (χ0v) is 14.8. The van der Waals surface area contributed by atoms with E-state index in [0.29, 0.717) is 19.4 Å². The summed E-state index contributed by atoms with van der Waals surface area (Å²) in [6, 6.07) is 7.95. The zero-order chi connectivity index (χ0) is 17.0. The summed E-state index contributed by atoms with van der Waals surface area (Å²) < 4.78 is 0. The van der Waals surface area contributed by atoms with Crippen LogP contribution in [0.25, 0.3) is 11.0 Å². The van der Waals surface area contributed by atoms with Crippen molar-refractivity contribution in [1.82, 2.24) is 20.2 Å². The first kappa shape index (κ1) is 17.0. The van der Waals surface area contributed by atoms with E-state index in [9.17, 15) is 4.79 Å². The molecule has 0 atom stereocenters. The SMILES string of the molecule is CC(C)(CNC(=O)CCc1nc2ccccc2[nH]1)N1CCCCC1. The van der Waals surface area contributed by atoms with Crippen LogP contribution in [-0.2, 0) is 11.2 Å². The molecule has 1 aliphatic rings. The molecule has 0 unspecified atom stereocenters. The smallest absolute Gasteiger partial charge is 0.220 e. The molecule has 0 saturated carbocycles. The molecule has 1 aromatic carbocycles. The number of nitrogens with one attached hydrogen (secondary N) is 2. The van der Waals surface area contributed by atoms with Crippen molar-refractivity contribution < 1.29 is 4.79 Å². The first-order chi connectivity index (χ1) is 11.5. The van der Waals surface area contributed by atoms with Crippen molar-refractivity contribution >= 4 is 16.9 Å². The monoisotopic (exact) mass is 328 g/mol. The Hall–Kier alpha value is -1.88. The normalized spacial score (nSPS) is 16.4. The van der Waals surface area contributed by atoms with Gasteiger partial charge in [-0.1, -0.05) is 18.6 Å². The molecule has 1 amide bonds. The van der Waals surface area contributed by atoms with Crippen LogP contribution in [0.2, 0.25) is 0 Å². The highest BCUT2D eigenvalue weighted by Crippen LogP contribution is 2.19. The van der Waals surface area contributed by atoms with Gasteiger partial charge in [0.05, 0.1) is 11.0 Å². The van der Waals surface area contributed by atoms with Gasteiger partial charge in [-0.2, -0.15) is 0 Å². The maximum absolute atomic E-state index is 12.2. The van der Waals surface area contributed by atoms with Gasteiger partial charge in [0.15, 0.2) is 0 Å². The second-order valence-corrected chi connectivity index (χ2v) is 7.34. The van der Waals surface area contributed by atoms with Gasteiger partial charge >= 0.3 is 0 Å². The number of piperidine rings is 1. The quantitative estimate of drug-likeness (QED) is 0.857. The number of nitrogens with zero attached hydrogens (tertiary/aromatic N) is 2. The summed E-state index contributed by atoms with van der Waals surface area (Å²) in [7, 11) is 0. The predicted molar refractivity (Wildman–Crippen MR) is 96.9 cm³/mol. The number of carbonyl (C=O) groups is 1. The molecule has 2 heterocycles. The van der Waals surface area contributed by atoms with Crippen LogP contribution in [-0.4, -0.2) is 45.9 Å². The van der Waals surface area contributed by atoms with Crippen LogP contribution < -0.4 is 5.32 Å². The fourth-order valence-corrected chi connectivity index (χ4v) is 3.37. The largest absolute Gasteiger partial charge is 0.354 e. The summed E-state index contributed by atoms with van der Waals surface area (Å²) in [6.45, 7) is 7.42. The number of fused-ring (bicyclic) bond motifs is 1. The first-order valence-electron chi connectivity index (χ1n) is 9.00. The third-order valence-electron chi connectivity index (χ3n) is 4.96. The molecule has 0 spiro atoms. The molecule has 130 valence electrons. The number of aromatic amines is 1. The summed E-state index contributed by atoms with van der Waals surface area (Å²) in [5.41, 5.74) is 2.01. The van der Waals surface area contributed by atoms with Crippen LogP contribution >= 0.6 is 0 Å². The summed E-state index contributed by atoms with van der Waals surface area (Å²) in [6.07, 6.45) is 4.98. The lowest BCUT2D eigenvalue weighted by atomic mass is 9.98. The topological polar surface area (TPSA) is 61.0 Å². The minimum absolute atomic E-state index is 0.0233. The van der Waals surface area contributed by atoms with Crippen molar-refractivity contribution in [3.05, 3.63) is 30.1 Å². The molecule has 1 fully saturated rings. The van der Waals surface area contributed by atoms with Gasteiger partial charge in [-0.25, -0.2) is 4.98 Å². The molecule has 2 N–H and O–H groups in total. The van der Waals surface area contributed by atoms with Crippen molar-refractivity contribution in [1.29, 1.82) is 0 Å². The molecule has 5 heteroatoms. The second kappa shape index (κ2) is 7.34. The lowest BCUT2D eigenvalue weighted by Gasteiger charge is -2.41. The second-order valence-electron chi connectivity index (χ2n) is 7.34. The first-order valence-corrected chi connectivity index (χ1v) is 9.00. The number of hydrogen-bond acceptors (Lipinski definition) is 3. The Bertz CT molecular complexity index is 652. The van der Waals surface area contributed by atoms with Crippen molar-refractivity contribution in [3.8, 4) is 0 Å². The van der Waals surface area contributed by atoms with Crippen LogP contribution in [0.5, 0.6) is 0 Å². The molecule has 1 aliphatic heterocycles. The van der Waals surface area contributed by atoms with E-state index in [0.717, 1.165) is 29.9 Å². The molecular weight excluding hydrogens is 300 g/mol.